The first kappa shape index (κ1) is 13.1. The SMILES string of the molecule is CCNC(C1=CCCCCC1)C1OCCC1C. The van der Waals surface area contributed by atoms with Crippen molar-refractivity contribution in [2.24, 2.45) is 5.92 Å². The van der Waals surface area contributed by atoms with Crippen LogP contribution >= 0.6 is 0 Å². The topological polar surface area (TPSA) is 21.3 Å². The molecule has 1 heterocycles. The Morgan fingerprint density at radius 1 is 1.41 bits per heavy atom. The van der Waals surface area contributed by atoms with E-state index in [9.17, 15) is 0 Å². The Morgan fingerprint density at radius 2 is 2.29 bits per heavy atom. The summed E-state index contributed by atoms with van der Waals surface area (Å²) in [6.07, 6.45) is 10.7. The molecule has 0 bridgehead atoms. The van der Waals surface area contributed by atoms with Gasteiger partial charge in [-0.15, -0.1) is 0 Å². The number of allylic oxidation sites excluding steroid dienone is 1. The molecule has 1 aliphatic heterocycles. The predicted octanol–water partition coefficient (Wildman–Crippen LogP) is 3.28. The smallest absolute Gasteiger partial charge is 0.0792 e. The number of ether oxygens (including phenoxy) is 1. The van der Waals surface area contributed by atoms with Crippen molar-refractivity contribution in [3.8, 4) is 0 Å². The van der Waals surface area contributed by atoms with E-state index >= 15 is 0 Å². The van der Waals surface area contributed by atoms with Gasteiger partial charge >= 0.3 is 0 Å². The number of hydrogen-bond acceptors (Lipinski definition) is 2. The van der Waals surface area contributed by atoms with Gasteiger partial charge in [0.05, 0.1) is 12.1 Å². The van der Waals surface area contributed by atoms with Crippen molar-refractivity contribution in [2.45, 2.75) is 64.5 Å². The van der Waals surface area contributed by atoms with Gasteiger partial charge in [-0.05, 0) is 44.6 Å². The summed E-state index contributed by atoms with van der Waals surface area (Å²) in [5, 5.41) is 3.66. The van der Waals surface area contributed by atoms with Crippen LogP contribution in [0.5, 0.6) is 0 Å². The predicted molar refractivity (Wildman–Crippen MR) is 72.2 cm³/mol. The summed E-state index contributed by atoms with van der Waals surface area (Å²) in [7, 11) is 0. The van der Waals surface area contributed by atoms with Crippen molar-refractivity contribution in [1.82, 2.24) is 5.32 Å². The second-order valence-electron chi connectivity index (χ2n) is 5.52. The number of likely N-dealkylation sites (N-methyl/N-ethyl adjacent to an activating group) is 1. The first-order valence-corrected chi connectivity index (χ1v) is 7.37. The van der Waals surface area contributed by atoms with Crippen LogP contribution in [-0.4, -0.2) is 25.3 Å². The average Bonchev–Trinajstić information content (AvgIpc) is 2.60. The Morgan fingerprint density at radius 3 is 3.00 bits per heavy atom. The molecule has 0 aromatic heterocycles. The fourth-order valence-electron chi connectivity index (χ4n) is 3.14. The maximum Gasteiger partial charge on any atom is 0.0792 e. The Kier molecular flexibility index (Phi) is 5.05. The van der Waals surface area contributed by atoms with Crippen LogP contribution in [0, 0.1) is 5.92 Å². The van der Waals surface area contributed by atoms with E-state index in [-0.39, 0.29) is 0 Å². The minimum Gasteiger partial charge on any atom is -0.376 e. The molecule has 98 valence electrons. The van der Waals surface area contributed by atoms with Crippen LogP contribution in [0.3, 0.4) is 0 Å². The molecule has 1 fully saturated rings. The van der Waals surface area contributed by atoms with Gasteiger partial charge in [0.15, 0.2) is 0 Å². The lowest BCUT2D eigenvalue weighted by atomic mass is 9.90. The summed E-state index contributed by atoms with van der Waals surface area (Å²) in [5.41, 5.74) is 1.61. The van der Waals surface area contributed by atoms with E-state index in [4.69, 9.17) is 4.74 Å². The van der Waals surface area contributed by atoms with Gasteiger partial charge in [-0.1, -0.05) is 31.9 Å². The van der Waals surface area contributed by atoms with Crippen LogP contribution in [0.15, 0.2) is 11.6 Å². The molecule has 0 spiro atoms. The molecule has 17 heavy (non-hydrogen) atoms. The van der Waals surface area contributed by atoms with Gasteiger partial charge in [0, 0.05) is 6.61 Å². The lowest BCUT2D eigenvalue weighted by molar-refractivity contribution is 0.0707. The Balaban J connectivity index is 2.06. The first-order chi connectivity index (χ1) is 8.33. The fraction of sp³-hybridized carbons (Fsp3) is 0.867. The molecule has 2 heteroatoms. The van der Waals surface area contributed by atoms with Crippen molar-refractivity contribution < 1.29 is 4.74 Å². The van der Waals surface area contributed by atoms with Crippen LogP contribution in [0.2, 0.25) is 0 Å². The van der Waals surface area contributed by atoms with Crippen molar-refractivity contribution in [3.05, 3.63) is 11.6 Å². The van der Waals surface area contributed by atoms with Crippen LogP contribution in [-0.2, 0) is 4.74 Å². The van der Waals surface area contributed by atoms with Crippen LogP contribution < -0.4 is 5.32 Å². The summed E-state index contributed by atoms with van der Waals surface area (Å²) < 4.78 is 5.97. The molecule has 0 aromatic carbocycles. The molecule has 0 amide bonds. The van der Waals surface area contributed by atoms with E-state index in [0.29, 0.717) is 18.1 Å². The molecular weight excluding hydrogens is 210 g/mol. The highest BCUT2D eigenvalue weighted by Gasteiger charge is 2.33. The van der Waals surface area contributed by atoms with Crippen LogP contribution in [0.4, 0.5) is 0 Å². The maximum absolute atomic E-state index is 5.97. The standard InChI is InChI=1S/C15H27NO/c1-3-16-14(15-12(2)10-11-17-15)13-8-6-4-5-7-9-13/h8,12,14-16H,3-7,9-11H2,1-2H3. The minimum atomic E-state index is 0.402. The zero-order valence-corrected chi connectivity index (χ0v) is 11.4. The van der Waals surface area contributed by atoms with Crippen molar-refractivity contribution >= 4 is 0 Å². The molecule has 3 unspecified atom stereocenters. The van der Waals surface area contributed by atoms with Crippen molar-refractivity contribution in [3.63, 3.8) is 0 Å². The van der Waals surface area contributed by atoms with Gasteiger partial charge in [-0.2, -0.15) is 0 Å². The monoisotopic (exact) mass is 237 g/mol. The van der Waals surface area contributed by atoms with Gasteiger partial charge in [0.2, 0.25) is 0 Å². The van der Waals surface area contributed by atoms with Gasteiger partial charge in [-0.25, -0.2) is 0 Å². The third-order valence-electron chi connectivity index (χ3n) is 4.17. The van der Waals surface area contributed by atoms with E-state index in [0.717, 1.165) is 13.2 Å². The number of rotatable bonds is 4. The molecule has 1 saturated heterocycles. The largest absolute Gasteiger partial charge is 0.376 e. The Labute approximate surface area is 106 Å². The second kappa shape index (κ2) is 6.55. The lowest BCUT2D eigenvalue weighted by Gasteiger charge is -2.29. The van der Waals surface area contributed by atoms with Crippen molar-refractivity contribution in [1.29, 1.82) is 0 Å². The Bertz CT molecular complexity index is 262. The van der Waals surface area contributed by atoms with E-state index in [1.807, 2.05) is 0 Å². The number of nitrogens with one attached hydrogen (secondary N) is 1. The summed E-state index contributed by atoms with van der Waals surface area (Å²) in [5.74, 6) is 0.697. The van der Waals surface area contributed by atoms with Gasteiger partial charge in [-0.3, -0.25) is 0 Å². The Hall–Kier alpha value is -0.340. The quantitative estimate of drug-likeness (QED) is 0.758. The molecule has 0 aromatic rings. The maximum atomic E-state index is 5.97. The molecule has 3 atom stereocenters. The third-order valence-corrected chi connectivity index (χ3v) is 4.17. The normalized spacial score (nSPS) is 32.0. The van der Waals surface area contributed by atoms with Crippen molar-refractivity contribution in [2.75, 3.05) is 13.2 Å². The highest BCUT2D eigenvalue weighted by atomic mass is 16.5. The molecule has 2 aliphatic rings. The molecule has 0 saturated carbocycles. The van der Waals surface area contributed by atoms with Gasteiger partial charge in [0.25, 0.3) is 0 Å². The molecule has 2 nitrogen and oxygen atoms in total. The summed E-state index contributed by atoms with van der Waals surface area (Å²) in [6.45, 7) is 6.51. The van der Waals surface area contributed by atoms with E-state index < -0.39 is 0 Å². The fourth-order valence-corrected chi connectivity index (χ4v) is 3.14. The first-order valence-electron chi connectivity index (χ1n) is 7.37. The zero-order chi connectivity index (χ0) is 12.1. The lowest BCUT2D eigenvalue weighted by Crippen LogP contribution is -2.43. The van der Waals surface area contributed by atoms with Gasteiger partial charge in [0.1, 0.15) is 0 Å². The molecule has 1 aliphatic carbocycles. The summed E-state index contributed by atoms with van der Waals surface area (Å²) >= 11 is 0. The third kappa shape index (κ3) is 3.32. The highest BCUT2D eigenvalue weighted by Crippen LogP contribution is 2.29. The number of hydrogen-bond donors (Lipinski definition) is 1. The van der Waals surface area contributed by atoms with E-state index in [1.54, 1.807) is 5.57 Å². The average molecular weight is 237 g/mol. The molecule has 2 rings (SSSR count). The summed E-state index contributed by atoms with van der Waals surface area (Å²) in [4.78, 5) is 0. The molecule has 1 N–H and O–H groups in total. The zero-order valence-electron chi connectivity index (χ0n) is 11.4. The van der Waals surface area contributed by atoms with Crippen LogP contribution in [0.1, 0.15) is 52.4 Å². The van der Waals surface area contributed by atoms with Gasteiger partial charge < -0.3 is 10.1 Å². The second-order valence-corrected chi connectivity index (χ2v) is 5.52. The molecular formula is C15H27NO. The molecule has 0 radical (unpaired) electrons. The minimum absolute atomic E-state index is 0.402. The van der Waals surface area contributed by atoms with Crippen LogP contribution in [0.25, 0.3) is 0 Å². The van der Waals surface area contributed by atoms with E-state index in [2.05, 4.69) is 25.2 Å². The van der Waals surface area contributed by atoms with E-state index in [1.165, 1.54) is 38.5 Å². The summed E-state index contributed by atoms with van der Waals surface area (Å²) in [6, 6.07) is 0.468. The highest BCUT2D eigenvalue weighted by molar-refractivity contribution is 5.15.